The van der Waals surface area contributed by atoms with Gasteiger partial charge in [0.2, 0.25) is 0 Å². The summed E-state index contributed by atoms with van der Waals surface area (Å²) >= 11 is 0. The van der Waals surface area contributed by atoms with Crippen molar-refractivity contribution < 1.29 is 14.9 Å². The van der Waals surface area contributed by atoms with E-state index in [1.165, 1.54) is 0 Å². The van der Waals surface area contributed by atoms with E-state index in [1.807, 2.05) is 24.3 Å². The number of unbranched alkanes of at least 4 members (excludes halogenated alkanes) is 1. The van der Waals surface area contributed by atoms with Crippen molar-refractivity contribution in [1.29, 1.82) is 0 Å². The van der Waals surface area contributed by atoms with Crippen molar-refractivity contribution in [3.63, 3.8) is 0 Å². The number of hydrogen-bond acceptors (Lipinski definition) is 4. The molecule has 1 rings (SSSR count). The molecule has 4 nitrogen and oxygen atoms in total. The monoisotopic (exact) mass is 253 g/mol. The average Bonchev–Trinajstić information content (AvgIpc) is 2.38. The first-order valence-electron chi connectivity index (χ1n) is 6.32. The van der Waals surface area contributed by atoms with Gasteiger partial charge in [0.05, 0.1) is 18.8 Å². The molecule has 1 aromatic rings. The molecular formula is C14H23NO3. The molecule has 0 aliphatic heterocycles. The molecule has 0 spiro atoms. The summed E-state index contributed by atoms with van der Waals surface area (Å²) in [6.07, 6.45) is 2.44. The second-order valence-electron chi connectivity index (χ2n) is 4.81. The van der Waals surface area contributed by atoms with Gasteiger partial charge >= 0.3 is 0 Å². The SMILES string of the molecule is CC(O)(CN)CCCCOc1cccc(CO)c1. The molecule has 1 unspecified atom stereocenters. The minimum Gasteiger partial charge on any atom is -0.494 e. The molecule has 4 N–H and O–H groups in total. The Morgan fingerprint density at radius 1 is 1.33 bits per heavy atom. The Labute approximate surface area is 108 Å². The molecule has 18 heavy (non-hydrogen) atoms. The molecule has 1 atom stereocenters. The highest BCUT2D eigenvalue weighted by Gasteiger charge is 2.16. The Kier molecular flexibility index (Phi) is 6.12. The number of benzene rings is 1. The zero-order valence-corrected chi connectivity index (χ0v) is 10.9. The lowest BCUT2D eigenvalue weighted by molar-refractivity contribution is 0.0562. The second kappa shape index (κ2) is 7.36. The van der Waals surface area contributed by atoms with Gasteiger partial charge < -0.3 is 20.7 Å². The van der Waals surface area contributed by atoms with Gasteiger partial charge in [0.15, 0.2) is 0 Å². The highest BCUT2D eigenvalue weighted by molar-refractivity contribution is 5.27. The van der Waals surface area contributed by atoms with E-state index in [-0.39, 0.29) is 13.2 Å². The lowest BCUT2D eigenvalue weighted by atomic mass is 10.00. The number of aliphatic hydroxyl groups excluding tert-OH is 1. The van der Waals surface area contributed by atoms with Crippen LogP contribution in [0.15, 0.2) is 24.3 Å². The molecule has 0 bridgehead atoms. The normalized spacial score (nSPS) is 14.2. The fourth-order valence-electron chi connectivity index (χ4n) is 1.63. The van der Waals surface area contributed by atoms with Crippen LogP contribution >= 0.6 is 0 Å². The van der Waals surface area contributed by atoms with Gasteiger partial charge in [0.1, 0.15) is 5.75 Å². The zero-order chi connectivity index (χ0) is 13.4. The van der Waals surface area contributed by atoms with Crippen molar-refractivity contribution in [1.82, 2.24) is 0 Å². The predicted octanol–water partition coefficient (Wildman–Crippen LogP) is 1.44. The fourth-order valence-corrected chi connectivity index (χ4v) is 1.63. The third kappa shape index (κ3) is 5.49. The Morgan fingerprint density at radius 3 is 2.78 bits per heavy atom. The molecule has 0 amide bonds. The van der Waals surface area contributed by atoms with Crippen LogP contribution in [0.2, 0.25) is 0 Å². The highest BCUT2D eigenvalue weighted by Crippen LogP contribution is 2.15. The molecule has 0 fully saturated rings. The van der Waals surface area contributed by atoms with Crippen molar-refractivity contribution in [3.8, 4) is 5.75 Å². The first kappa shape index (κ1) is 15.0. The molecule has 0 radical (unpaired) electrons. The van der Waals surface area contributed by atoms with Gasteiger partial charge in [-0.2, -0.15) is 0 Å². The van der Waals surface area contributed by atoms with E-state index in [0.717, 1.165) is 24.2 Å². The van der Waals surface area contributed by atoms with E-state index in [9.17, 15) is 5.11 Å². The maximum Gasteiger partial charge on any atom is 0.119 e. The number of hydrogen-bond donors (Lipinski definition) is 3. The lowest BCUT2D eigenvalue weighted by Gasteiger charge is -2.20. The first-order valence-corrected chi connectivity index (χ1v) is 6.32. The summed E-state index contributed by atoms with van der Waals surface area (Å²) in [5.74, 6) is 0.770. The summed E-state index contributed by atoms with van der Waals surface area (Å²) in [7, 11) is 0. The molecule has 102 valence electrons. The summed E-state index contributed by atoms with van der Waals surface area (Å²) in [6, 6.07) is 7.41. The third-order valence-electron chi connectivity index (χ3n) is 2.90. The molecule has 0 saturated heterocycles. The Morgan fingerprint density at radius 2 is 2.11 bits per heavy atom. The second-order valence-corrected chi connectivity index (χ2v) is 4.81. The van der Waals surface area contributed by atoms with E-state index in [4.69, 9.17) is 15.6 Å². The van der Waals surface area contributed by atoms with E-state index in [0.29, 0.717) is 13.0 Å². The predicted molar refractivity (Wildman–Crippen MR) is 71.4 cm³/mol. The number of nitrogens with two attached hydrogens (primary N) is 1. The van der Waals surface area contributed by atoms with Crippen LogP contribution in [0.1, 0.15) is 31.7 Å². The smallest absolute Gasteiger partial charge is 0.119 e. The van der Waals surface area contributed by atoms with Gasteiger partial charge in [-0.05, 0) is 43.9 Å². The van der Waals surface area contributed by atoms with Crippen LogP contribution in [0.5, 0.6) is 5.75 Å². The quantitative estimate of drug-likeness (QED) is 0.613. The van der Waals surface area contributed by atoms with Crippen LogP contribution in [-0.2, 0) is 6.61 Å². The molecule has 0 saturated carbocycles. The van der Waals surface area contributed by atoms with Gasteiger partial charge in [-0.15, -0.1) is 0 Å². The van der Waals surface area contributed by atoms with E-state index in [2.05, 4.69) is 0 Å². The molecule has 0 aliphatic rings. The van der Waals surface area contributed by atoms with Crippen LogP contribution in [0.4, 0.5) is 0 Å². The third-order valence-corrected chi connectivity index (χ3v) is 2.90. The number of aliphatic hydroxyl groups is 2. The van der Waals surface area contributed by atoms with Crippen molar-refractivity contribution in [2.45, 2.75) is 38.4 Å². The number of rotatable bonds is 8. The van der Waals surface area contributed by atoms with Gasteiger partial charge in [-0.25, -0.2) is 0 Å². The highest BCUT2D eigenvalue weighted by atomic mass is 16.5. The van der Waals surface area contributed by atoms with Crippen LogP contribution in [0, 0.1) is 0 Å². The van der Waals surface area contributed by atoms with E-state index in [1.54, 1.807) is 6.92 Å². The summed E-state index contributed by atoms with van der Waals surface area (Å²) in [5, 5.41) is 18.7. The van der Waals surface area contributed by atoms with Crippen molar-refractivity contribution >= 4 is 0 Å². The average molecular weight is 253 g/mol. The largest absolute Gasteiger partial charge is 0.494 e. The maximum absolute atomic E-state index is 9.71. The minimum absolute atomic E-state index is 0.0244. The summed E-state index contributed by atoms with van der Waals surface area (Å²) in [6.45, 7) is 2.66. The molecule has 1 aromatic carbocycles. The molecular weight excluding hydrogens is 230 g/mol. The van der Waals surface area contributed by atoms with Gasteiger partial charge in [-0.1, -0.05) is 12.1 Å². The Hall–Kier alpha value is -1.10. The van der Waals surface area contributed by atoms with Crippen molar-refractivity contribution in [2.75, 3.05) is 13.2 Å². The zero-order valence-electron chi connectivity index (χ0n) is 10.9. The van der Waals surface area contributed by atoms with Crippen molar-refractivity contribution in [3.05, 3.63) is 29.8 Å². The van der Waals surface area contributed by atoms with E-state index >= 15 is 0 Å². The molecule has 4 heteroatoms. The first-order chi connectivity index (χ1) is 8.57. The maximum atomic E-state index is 9.71. The topological polar surface area (TPSA) is 75.7 Å². The van der Waals surface area contributed by atoms with Crippen LogP contribution < -0.4 is 10.5 Å². The molecule has 0 aliphatic carbocycles. The van der Waals surface area contributed by atoms with Crippen LogP contribution in [0.3, 0.4) is 0 Å². The standard InChI is InChI=1S/C14H23NO3/c1-14(17,11-15)7-2-3-8-18-13-6-4-5-12(9-13)10-16/h4-6,9,16-17H,2-3,7-8,10-11,15H2,1H3. The minimum atomic E-state index is -0.767. The molecule has 0 aromatic heterocycles. The summed E-state index contributed by atoms with van der Waals surface area (Å²) in [4.78, 5) is 0. The van der Waals surface area contributed by atoms with Crippen LogP contribution in [0.25, 0.3) is 0 Å². The van der Waals surface area contributed by atoms with E-state index < -0.39 is 5.60 Å². The Balaban J connectivity index is 2.21. The lowest BCUT2D eigenvalue weighted by Crippen LogP contribution is -2.33. The number of ether oxygens (including phenoxy) is 1. The summed E-state index contributed by atoms with van der Waals surface area (Å²) < 4.78 is 5.57. The Bertz CT molecular complexity index is 353. The van der Waals surface area contributed by atoms with Gasteiger partial charge in [0.25, 0.3) is 0 Å². The van der Waals surface area contributed by atoms with Gasteiger partial charge in [-0.3, -0.25) is 0 Å². The van der Waals surface area contributed by atoms with Crippen LogP contribution in [-0.4, -0.2) is 29.0 Å². The fraction of sp³-hybridized carbons (Fsp3) is 0.571. The summed E-state index contributed by atoms with van der Waals surface area (Å²) in [5.41, 5.74) is 5.52. The van der Waals surface area contributed by atoms with Gasteiger partial charge in [0, 0.05) is 6.54 Å². The van der Waals surface area contributed by atoms with Crippen molar-refractivity contribution in [2.24, 2.45) is 5.73 Å². The molecule has 0 heterocycles.